The fourth-order valence-electron chi connectivity index (χ4n) is 2.08. The zero-order chi connectivity index (χ0) is 16.2. The lowest BCUT2D eigenvalue weighted by Gasteiger charge is -2.21. The number of carboxylic acid groups (broad SMARTS) is 1. The first-order valence-electron chi connectivity index (χ1n) is 6.83. The number of urea groups is 1. The SMILES string of the molecule is CC[C@H](C)[C@H](NC(=O)Nc1c(C)cc(Br)cc1C)C(=O)O. The lowest BCUT2D eigenvalue weighted by atomic mass is 9.99. The van der Waals surface area contributed by atoms with Crippen LogP contribution in [-0.4, -0.2) is 23.1 Å². The molecule has 0 heterocycles. The summed E-state index contributed by atoms with van der Waals surface area (Å²) in [7, 11) is 0. The van der Waals surface area contributed by atoms with E-state index in [1.807, 2.05) is 32.9 Å². The first kappa shape index (κ1) is 17.5. The third kappa shape index (κ3) is 4.74. The average Bonchev–Trinajstić information content (AvgIpc) is 2.39. The summed E-state index contributed by atoms with van der Waals surface area (Å²) >= 11 is 3.40. The first-order chi connectivity index (χ1) is 9.76. The number of nitrogens with one attached hydrogen (secondary N) is 2. The molecule has 0 saturated carbocycles. The molecule has 2 atom stereocenters. The molecule has 21 heavy (non-hydrogen) atoms. The molecule has 116 valence electrons. The van der Waals surface area contributed by atoms with E-state index in [0.29, 0.717) is 12.1 Å². The Morgan fingerprint density at radius 3 is 2.24 bits per heavy atom. The normalized spacial score (nSPS) is 13.4. The Morgan fingerprint density at radius 1 is 1.29 bits per heavy atom. The predicted molar refractivity (Wildman–Crippen MR) is 86.6 cm³/mol. The number of halogens is 1. The molecule has 6 heteroatoms. The summed E-state index contributed by atoms with van der Waals surface area (Å²) in [5.74, 6) is -1.16. The van der Waals surface area contributed by atoms with Crippen molar-refractivity contribution in [2.75, 3.05) is 5.32 Å². The van der Waals surface area contributed by atoms with Crippen LogP contribution in [0.1, 0.15) is 31.4 Å². The molecule has 0 radical (unpaired) electrons. The van der Waals surface area contributed by atoms with E-state index in [1.54, 1.807) is 6.92 Å². The minimum atomic E-state index is -1.02. The summed E-state index contributed by atoms with van der Waals surface area (Å²) in [6, 6.07) is 2.39. The second-order valence-electron chi connectivity index (χ2n) is 5.21. The highest BCUT2D eigenvalue weighted by molar-refractivity contribution is 9.10. The van der Waals surface area contributed by atoms with Crippen LogP contribution in [-0.2, 0) is 4.79 Å². The highest BCUT2D eigenvalue weighted by Crippen LogP contribution is 2.25. The number of benzene rings is 1. The molecule has 0 aliphatic carbocycles. The number of hydrogen-bond acceptors (Lipinski definition) is 2. The van der Waals surface area contributed by atoms with Crippen LogP contribution in [0.15, 0.2) is 16.6 Å². The molecular formula is C15H21BrN2O3. The van der Waals surface area contributed by atoms with Gasteiger partial charge in [0.05, 0.1) is 0 Å². The molecule has 0 aliphatic heterocycles. The van der Waals surface area contributed by atoms with Crippen molar-refractivity contribution in [3.05, 3.63) is 27.7 Å². The maximum Gasteiger partial charge on any atom is 0.326 e. The van der Waals surface area contributed by atoms with E-state index < -0.39 is 18.0 Å². The number of rotatable bonds is 5. The Kier molecular flexibility index (Phi) is 6.20. The predicted octanol–water partition coefficient (Wildman–Crippen LogP) is 3.69. The van der Waals surface area contributed by atoms with Gasteiger partial charge in [-0.25, -0.2) is 9.59 Å². The van der Waals surface area contributed by atoms with E-state index in [1.165, 1.54) is 0 Å². The number of amides is 2. The maximum absolute atomic E-state index is 12.0. The summed E-state index contributed by atoms with van der Waals surface area (Å²) in [4.78, 5) is 23.3. The Morgan fingerprint density at radius 2 is 1.81 bits per heavy atom. The van der Waals surface area contributed by atoms with Crippen molar-refractivity contribution in [3.8, 4) is 0 Å². The van der Waals surface area contributed by atoms with Gasteiger partial charge in [0.2, 0.25) is 0 Å². The smallest absolute Gasteiger partial charge is 0.326 e. The number of aryl methyl sites for hydroxylation is 2. The number of anilines is 1. The Bertz CT molecular complexity index is 523. The van der Waals surface area contributed by atoms with Crippen LogP contribution in [0.5, 0.6) is 0 Å². The number of carboxylic acids is 1. The van der Waals surface area contributed by atoms with Gasteiger partial charge in [0, 0.05) is 10.2 Å². The van der Waals surface area contributed by atoms with Crippen molar-refractivity contribution < 1.29 is 14.7 Å². The van der Waals surface area contributed by atoms with Crippen molar-refractivity contribution in [2.24, 2.45) is 5.92 Å². The van der Waals surface area contributed by atoms with Gasteiger partial charge in [-0.3, -0.25) is 0 Å². The highest BCUT2D eigenvalue weighted by atomic mass is 79.9. The van der Waals surface area contributed by atoms with Gasteiger partial charge in [-0.2, -0.15) is 0 Å². The highest BCUT2D eigenvalue weighted by Gasteiger charge is 2.25. The number of carbonyl (C=O) groups excluding carboxylic acids is 1. The average molecular weight is 357 g/mol. The Hall–Kier alpha value is -1.56. The number of hydrogen-bond donors (Lipinski definition) is 3. The van der Waals surface area contributed by atoms with Crippen molar-refractivity contribution in [1.29, 1.82) is 0 Å². The van der Waals surface area contributed by atoms with Gasteiger partial charge in [-0.05, 0) is 43.0 Å². The number of aliphatic carboxylic acids is 1. The van der Waals surface area contributed by atoms with Crippen LogP contribution in [0.4, 0.5) is 10.5 Å². The second-order valence-corrected chi connectivity index (χ2v) is 6.13. The third-order valence-corrected chi connectivity index (χ3v) is 3.96. The molecule has 0 fully saturated rings. The lowest BCUT2D eigenvalue weighted by molar-refractivity contribution is -0.140. The van der Waals surface area contributed by atoms with Crippen LogP contribution in [0.25, 0.3) is 0 Å². The van der Waals surface area contributed by atoms with Gasteiger partial charge in [0.15, 0.2) is 0 Å². The van der Waals surface area contributed by atoms with E-state index in [-0.39, 0.29) is 5.92 Å². The summed E-state index contributed by atoms with van der Waals surface area (Å²) in [5.41, 5.74) is 2.52. The molecule has 0 spiro atoms. The van der Waals surface area contributed by atoms with E-state index in [4.69, 9.17) is 0 Å². The monoisotopic (exact) mass is 356 g/mol. The standard InChI is InChI=1S/C15H21BrN2O3/c1-5-8(2)13(14(19)20)18-15(21)17-12-9(3)6-11(16)7-10(12)4/h6-8,13H,5H2,1-4H3,(H,19,20)(H2,17,18,21)/t8-,13-/m0/s1. The molecule has 0 aromatic heterocycles. The zero-order valence-electron chi connectivity index (χ0n) is 12.7. The van der Waals surface area contributed by atoms with Gasteiger partial charge in [0.25, 0.3) is 0 Å². The van der Waals surface area contributed by atoms with E-state index in [9.17, 15) is 14.7 Å². The van der Waals surface area contributed by atoms with Crippen LogP contribution in [0.3, 0.4) is 0 Å². The molecular weight excluding hydrogens is 336 g/mol. The summed E-state index contributed by atoms with van der Waals surface area (Å²) < 4.78 is 0.937. The molecule has 0 unspecified atom stereocenters. The molecule has 0 saturated heterocycles. The minimum absolute atomic E-state index is 0.139. The van der Waals surface area contributed by atoms with Gasteiger partial charge < -0.3 is 15.7 Å². The van der Waals surface area contributed by atoms with Crippen molar-refractivity contribution in [3.63, 3.8) is 0 Å². The summed E-state index contributed by atoms with van der Waals surface area (Å²) in [6.45, 7) is 7.46. The molecule has 1 aromatic rings. The first-order valence-corrected chi connectivity index (χ1v) is 7.62. The number of carbonyl (C=O) groups is 2. The van der Waals surface area contributed by atoms with Crippen molar-refractivity contribution in [1.82, 2.24) is 5.32 Å². The summed E-state index contributed by atoms with van der Waals surface area (Å²) in [6.07, 6.45) is 0.674. The fourth-order valence-corrected chi connectivity index (χ4v) is 2.77. The van der Waals surface area contributed by atoms with Crippen LogP contribution in [0, 0.1) is 19.8 Å². The van der Waals surface area contributed by atoms with Crippen molar-refractivity contribution >= 4 is 33.6 Å². The van der Waals surface area contributed by atoms with Gasteiger partial charge >= 0.3 is 12.0 Å². The second kappa shape index (κ2) is 7.45. The van der Waals surface area contributed by atoms with Crippen LogP contribution >= 0.6 is 15.9 Å². The lowest BCUT2D eigenvalue weighted by Crippen LogP contribution is -2.46. The van der Waals surface area contributed by atoms with Gasteiger partial charge in [-0.15, -0.1) is 0 Å². The largest absolute Gasteiger partial charge is 0.480 e. The zero-order valence-corrected chi connectivity index (χ0v) is 14.2. The fraction of sp³-hybridized carbons (Fsp3) is 0.467. The molecule has 0 bridgehead atoms. The molecule has 2 amide bonds. The third-order valence-electron chi connectivity index (χ3n) is 3.50. The topological polar surface area (TPSA) is 78.4 Å². The molecule has 3 N–H and O–H groups in total. The van der Waals surface area contributed by atoms with Crippen molar-refractivity contribution in [2.45, 2.75) is 40.2 Å². The quantitative estimate of drug-likeness (QED) is 0.752. The minimum Gasteiger partial charge on any atom is -0.480 e. The van der Waals surface area contributed by atoms with Crippen LogP contribution in [0.2, 0.25) is 0 Å². The van der Waals surface area contributed by atoms with E-state index in [0.717, 1.165) is 15.6 Å². The Balaban J connectivity index is 2.84. The molecule has 0 aliphatic rings. The van der Waals surface area contributed by atoms with Crippen LogP contribution < -0.4 is 10.6 Å². The Labute approximate surface area is 133 Å². The molecule has 1 aromatic carbocycles. The summed E-state index contributed by atoms with van der Waals surface area (Å²) in [5, 5.41) is 14.4. The van der Waals surface area contributed by atoms with Gasteiger partial charge in [0.1, 0.15) is 6.04 Å². The molecule has 5 nitrogen and oxygen atoms in total. The van der Waals surface area contributed by atoms with E-state index >= 15 is 0 Å². The van der Waals surface area contributed by atoms with Gasteiger partial charge in [-0.1, -0.05) is 36.2 Å². The maximum atomic E-state index is 12.0. The molecule has 1 rings (SSSR count). The van der Waals surface area contributed by atoms with E-state index in [2.05, 4.69) is 26.6 Å².